The van der Waals surface area contributed by atoms with Gasteiger partial charge >= 0.3 is 0 Å². The smallest absolute Gasteiger partial charge is 0.124 e. The molecule has 1 aromatic heterocycles. The average Bonchev–Trinajstić information content (AvgIpc) is 2.55. The van der Waals surface area contributed by atoms with E-state index in [4.69, 9.17) is 5.73 Å². The molecular weight excluding hydrogens is 190 g/mol. The van der Waals surface area contributed by atoms with E-state index in [-0.39, 0.29) is 12.0 Å². The van der Waals surface area contributed by atoms with Crippen LogP contribution in [0.15, 0.2) is 6.20 Å². The number of aliphatic hydroxyl groups is 1. The fourth-order valence-corrected chi connectivity index (χ4v) is 2.55. The molecule has 1 aromatic rings. The lowest BCUT2D eigenvalue weighted by Crippen LogP contribution is -2.51. The van der Waals surface area contributed by atoms with Gasteiger partial charge in [-0.2, -0.15) is 5.10 Å². The van der Waals surface area contributed by atoms with Crippen molar-refractivity contribution in [3.63, 3.8) is 0 Å². The zero-order valence-electron chi connectivity index (χ0n) is 9.62. The molecule has 1 aliphatic carbocycles. The van der Waals surface area contributed by atoms with Crippen LogP contribution in [0.4, 0.5) is 0 Å². The molecular formula is C11H19N3O. The minimum absolute atomic E-state index is 0.192. The molecule has 0 radical (unpaired) electrons. The van der Waals surface area contributed by atoms with Crippen LogP contribution in [0, 0.1) is 5.41 Å². The van der Waals surface area contributed by atoms with E-state index >= 15 is 0 Å². The van der Waals surface area contributed by atoms with E-state index in [2.05, 4.69) is 18.9 Å². The van der Waals surface area contributed by atoms with Gasteiger partial charge in [-0.1, -0.05) is 13.8 Å². The summed E-state index contributed by atoms with van der Waals surface area (Å²) in [5.41, 5.74) is 6.64. The zero-order chi connectivity index (χ0) is 11.3. The Labute approximate surface area is 90.1 Å². The Bertz CT molecular complexity index is 383. The third-order valence-electron chi connectivity index (χ3n) is 3.84. The van der Waals surface area contributed by atoms with Gasteiger partial charge in [0.05, 0.1) is 11.9 Å². The summed E-state index contributed by atoms with van der Waals surface area (Å²) in [7, 11) is 1.86. The van der Waals surface area contributed by atoms with Crippen molar-refractivity contribution in [3.8, 4) is 0 Å². The van der Waals surface area contributed by atoms with Crippen LogP contribution >= 0.6 is 0 Å². The monoisotopic (exact) mass is 209 g/mol. The highest BCUT2D eigenvalue weighted by Crippen LogP contribution is 2.47. The largest absolute Gasteiger partial charge is 0.382 e. The lowest BCUT2D eigenvalue weighted by molar-refractivity contribution is -0.0834. The van der Waals surface area contributed by atoms with E-state index in [1.165, 1.54) is 0 Å². The Kier molecular flexibility index (Phi) is 2.17. The Hall–Kier alpha value is -0.870. The van der Waals surface area contributed by atoms with Gasteiger partial charge in [0.15, 0.2) is 0 Å². The Morgan fingerprint density at radius 3 is 2.87 bits per heavy atom. The van der Waals surface area contributed by atoms with Crippen molar-refractivity contribution in [2.45, 2.75) is 32.3 Å². The highest BCUT2D eigenvalue weighted by molar-refractivity contribution is 5.30. The third kappa shape index (κ3) is 1.25. The molecule has 4 heteroatoms. The standard InChI is InChI=1S/C11H19N3O/c1-10(2)5-4-8-6-13-14(3)9(8)11(10,15)7-12/h6,15H,4-5,7,12H2,1-3H3. The number of aryl methyl sites for hydroxylation is 2. The molecule has 15 heavy (non-hydrogen) atoms. The number of aromatic nitrogens is 2. The van der Waals surface area contributed by atoms with Crippen LogP contribution in [0.5, 0.6) is 0 Å². The number of nitrogens with zero attached hydrogens (tertiary/aromatic N) is 2. The number of rotatable bonds is 1. The minimum Gasteiger partial charge on any atom is -0.382 e. The first kappa shape index (κ1) is 10.6. The summed E-state index contributed by atoms with van der Waals surface area (Å²) in [4.78, 5) is 0. The van der Waals surface area contributed by atoms with Gasteiger partial charge in [-0.05, 0) is 18.4 Å². The summed E-state index contributed by atoms with van der Waals surface area (Å²) in [6, 6.07) is 0. The average molecular weight is 209 g/mol. The molecule has 0 fully saturated rings. The second-order valence-electron chi connectivity index (χ2n) is 5.09. The maximum Gasteiger partial charge on any atom is 0.124 e. The van der Waals surface area contributed by atoms with Crippen molar-refractivity contribution in [3.05, 3.63) is 17.5 Å². The van der Waals surface area contributed by atoms with Crippen LogP contribution in [-0.4, -0.2) is 21.4 Å². The molecule has 3 N–H and O–H groups in total. The number of hydrogen-bond donors (Lipinski definition) is 2. The van der Waals surface area contributed by atoms with E-state index in [0.717, 1.165) is 24.1 Å². The van der Waals surface area contributed by atoms with Gasteiger partial charge in [0, 0.05) is 19.0 Å². The first-order valence-corrected chi connectivity index (χ1v) is 5.36. The summed E-state index contributed by atoms with van der Waals surface area (Å²) in [6.07, 6.45) is 3.75. The van der Waals surface area contributed by atoms with Gasteiger partial charge in [0.1, 0.15) is 5.60 Å². The first-order chi connectivity index (χ1) is 6.92. The lowest BCUT2D eigenvalue weighted by atomic mass is 9.65. The third-order valence-corrected chi connectivity index (χ3v) is 3.84. The Morgan fingerprint density at radius 1 is 1.60 bits per heavy atom. The van der Waals surface area contributed by atoms with E-state index in [1.807, 2.05) is 13.2 Å². The quantitative estimate of drug-likeness (QED) is 0.709. The second-order valence-corrected chi connectivity index (χ2v) is 5.09. The number of fused-ring (bicyclic) bond motifs is 1. The lowest BCUT2D eigenvalue weighted by Gasteiger charge is -2.45. The molecule has 1 heterocycles. The molecule has 0 spiro atoms. The molecule has 0 saturated heterocycles. The zero-order valence-corrected chi connectivity index (χ0v) is 9.62. The first-order valence-electron chi connectivity index (χ1n) is 5.36. The van der Waals surface area contributed by atoms with Crippen LogP contribution in [0.2, 0.25) is 0 Å². The van der Waals surface area contributed by atoms with Gasteiger partial charge in [-0.3, -0.25) is 4.68 Å². The van der Waals surface area contributed by atoms with Crippen LogP contribution < -0.4 is 5.73 Å². The predicted octanol–water partition coefficient (Wildman–Crippen LogP) is 0.539. The topological polar surface area (TPSA) is 64.1 Å². The second kappa shape index (κ2) is 3.06. The summed E-state index contributed by atoms with van der Waals surface area (Å²) >= 11 is 0. The number of hydrogen-bond acceptors (Lipinski definition) is 3. The van der Waals surface area contributed by atoms with Gasteiger partial charge in [-0.25, -0.2) is 0 Å². The van der Waals surface area contributed by atoms with Crippen molar-refractivity contribution in [1.82, 2.24) is 9.78 Å². The SMILES string of the molecule is Cn1ncc2c1C(O)(CN)C(C)(C)CC2. The maximum atomic E-state index is 10.7. The summed E-state index contributed by atoms with van der Waals surface area (Å²) in [5, 5.41) is 15.0. The van der Waals surface area contributed by atoms with Crippen molar-refractivity contribution >= 4 is 0 Å². The highest BCUT2D eigenvalue weighted by Gasteiger charge is 2.49. The molecule has 1 unspecified atom stereocenters. The van der Waals surface area contributed by atoms with Crippen molar-refractivity contribution in [1.29, 1.82) is 0 Å². The molecule has 0 amide bonds. The van der Waals surface area contributed by atoms with Crippen molar-refractivity contribution < 1.29 is 5.11 Å². The van der Waals surface area contributed by atoms with Crippen LogP contribution in [0.25, 0.3) is 0 Å². The van der Waals surface area contributed by atoms with Gasteiger partial charge in [0.2, 0.25) is 0 Å². The molecule has 0 saturated carbocycles. The van der Waals surface area contributed by atoms with E-state index < -0.39 is 5.60 Å². The van der Waals surface area contributed by atoms with Crippen LogP contribution in [0.3, 0.4) is 0 Å². The molecule has 84 valence electrons. The van der Waals surface area contributed by atoms with Gasteiger partial charge < -0.3 is 10.8 Å². The normalized spacial score (nSPS) is 28.9. The summed E-state index contributed by atoms with van der Waals surface area (Å²) in [5.74, 6) is 0. The van der Waals surface area contributed by atoms with Crippen LogP contribution in [-0.2, 0) is 19.1 Å². The number of nitrogens with two attached hydrogens (primary N) is 1. The van der Waals surface area contributed by atoms with E-state index in [0.29, 0.717) is 0 Å². The molecule has 0 aromatic carbocycles. The molecule has 0 bridgehead atoms. The van der Waals surface area contributed by atoms with Crippen molar-refractivity contribution in [2.75, 3.05) is 6.54 Å². The molecule has 1 atom stereocenters. The molecule has 1 aliphatic rings. The summed E-state index contributed by atoms with van der Waals surface area (Å²) < 4.78 is 1.75. The van der Waals surface area contributed by atoms with Crippen LogP contribution in [0.1, 0.15) is 31.5 Å². The molecule has 2 rings (SSSR count). The van der Waals surface area contributed by atoms with E-state index in [9.17, 15) is 5.11 Å². The molecule has 4 nitrogen and oxygen atoms in total. The van der Waals surface area contributed by atoms with Crippen molar-refractivity contribution in [2.24, 2.45) is 18.2 Å². The minimum atomic E-state index is -0.953. The fourth-order valence-electron chi connectivity index (χ4n) is 2.55. The highest BCUT2D eigenvalue weighted by atomic mass is 16.3. The fraction of sp³-hybridized carbons (Fsp3) is 0.727. The van der Waals surface area contributed by atoms with E-state index in [1.54, 1.807) is 4.68 Å². The Balaban J connectivity index is 2.62. The molecule has 0 aliphatic heterocycles. The predicted molar refractivity (Wildman–Crippen MR) is 58.3 cm³/mol. The van der Waals surface area contributed by atoms with Gasteiger partial charge in [-0.15, -0.1) is 0 Å². The maximum absolute atomic E-state index is 10.7. The Morgan fingerprint density at radius 2 is 2.27 bits per heavy atom. The summed E-state index contributed by atoms with van der Waals surface area (Å²) in [6.45, 7) is 4.37. The van der Waals surface area contributed by atoms with Gasteiger partial charge in [0.25, 0.3) is 0 Å².